The number of amides is 1. The zero-order valence-corrected chi connectivity index (χ0v) is 22.1. The van der Waals surface area contributed by atoms with Crippen LogP contribution >= 0.6 is 11.6 Å². The van der Waals surface area contributed by atoms with Gasteiger partial charge in [-0.15, -0.1) is 0 Å². The molecular weight excluding hydrogens is 490 g/mol. The molecule has 1 aliphatic heterocycles. The predicted octanol–water partition coefficient (Wildman–Crippen LogP) is 8.20. The van der Waals surface area contributed by atoms with Crippen LogP contribution in [0.2, 0.25) is 5.02 Å². The van der Waals surface area contributed by atoms with Gasteiger partial charge in [-0.05, 0) is 85.4 Å². The monoisotopic (exact) mass is 519 g/mol. The first-order chi connectivity index (χ1) is 18.7. The first-order valence-corrected chi connectivity index (χ1v) is 14.1. The summed E-state index contributed by atoms with van der Waals surface area (Å²) in [6, 6.07) is 24.8. The van der Waals surface area contributed by atoms with Gasteiger partial charge in [0, 0.05) is 34.6 Å². The summed E-state index contributed by atoms with van der Waals surface area (Å²) in [5.41, 5.74) is 11.2. The quantitative estimate of drug-likeness (QED) is 0.255. The number of carbonyl (C=O) groups excluding carboxylic acids is 1. The number of aryl methyl sites for hydroxylation is 4. The minimum absolute atomic E-state index is 0.112. The highest BCUT2D eigenvalue weighted by Gasteiger charge is 2.30. The molecule has 0 unspecified atom stereocenters. The van der Waals surface area contributed by atoms with Crippen LogP contribution in [-0.2, 0) is 25.8 Å². The van der Waals surface area contributed by atoms with Crippen molar-refractivity contribution in [2.45, 2.75) is 51.5 Å². The van der Waals surface area contributed by atoms with Crippen molar-refractivity contribution in [1.82, 2.24) is 8.97 Å². The third-order valence-corrected chi connectivity index (χ3v) is 8.37. The van der Waals surface area contributed by atoms with Gasteiger partial charge in [0.2, 0.25) is 0 Å². The smallest absolute Gasteiger partial charge is 0.273 e. The molecule has 0 bridgehead atoms. The maximum Gasteiger partial charge on any atom is 0.273 e. The van der Waals surface area contributed by atoms with Gasteiger partial charge in [-0.2, -0.15) is 0 Å². The zero-order valence-electron chi connectivity index (χ0n) is 21.3. The Kier molecular flexibility index (Phi) is 5.85. The van der Waals surface area contributed by atoms with Crippen LogP contribution in [0.1, 0.15) is 52.9 Å². The lowest BCUT2D eigenvalue weighted by Gasteiger charge is -2.17. The van der Waals surface area contributed by atoms with Crippen molar-refractivity contribution in [3.8, 4) is 22.4 Å². The molecule has 0 atom stereocenters. The van der Waals surface area contributed by atoms with Crippen LogP contribution in [0, 0.1) is 0 Å². The third-order valence-electron chi connectivity index (χ3n) is 8.14. The molecule has 2 aliphatic rings. The number of aromatic nitrogens is 2. The fourth-order valence-electron chi connectivity index (χ4n) is 6.40. The van der Waals surface area contributed by atoms with Gasteiger partial charge in [0.25, 0.3) is 5.91 Å². The molecular formula is C33H30ClN3O. The van der Waals surface area contributed by atoms with Gasteiger partial charge in [-0.25, -0.2) is 0 Å². The van der Waals surface area contributed by atoms with E-state index in [1.807, 2.05) is 24.3 Å². The van der Waals surface area contributed by atoms with Gasteiger partial charge in [-0.3, -0.25) is 9.20 Å². The number of hydrogen-bond acceptors (Lipinski definition) is 1. The molecule has 2 aromatic heterocycles. The Balaban J connectivity index is 1.47. The number of benzene rings is 3. The molecule has 38 heavy (non-hydrogen) atoms. The Labute approximate surface area is 227 Å². The number of halogens is 1. The molecule has 1 aliphatic carbocycles. The maximum atomic E-state index is 14.1. The van der Waals surface area contributed by atoms with Gasteiger partial charge in [0.1, 0.15) is 11.3 Å². The molecule has 0 saturated carbocycles. The highest BCUT2D eigenvalue weighted by atomic mass is 35.5. The van der Waals surface area contributed by atoms with Crippen molar-refractivity contribution >= 4 is 28.8 Å². The Morgan fingerprint density at radius 3 is 2.45 bits per heavy atom. The lowest BCUT2D eigenvalue weighted by molar-refractivity contribution is 0.102. The van der Waals surface area contributed by atoms with Crippen LogP contribution in [-0.4, -0.2) is 14.9 Å². The maximum absolute atomic E-state index is 14.1. The summed E-state index contributed by atoms with van der Waals surface area (Å²) in [5, 5.41) is 3.75. The molecule has 0 saturated heterocycles. The number of carbonyl (C=O) groups is 1. The molecule has 1 amide bonds. The second-order valence-electron chi connectivity index (χ2n) is 10.5. The summed E-state index contributed by atoms with van der Waals surface area (Å²) in [7, 11) is 0. The van der Waals surface area contributed by atoms with Gasteiger partial charge in [0.15, 0.2) is 0 Å². The largest absolute Gasteiger partial charge is 0.325 e. The molecule has 0 radical (unpaired) electrons. The summed E-state index contributed by atoms with van der Waals surface area (Å²) >= 11 is 6.25. The van der Waals surface area contributed by atoms with E-state index in [-0.39, 0.29) is 5.91 Å². The number of rotatable bonds is 4. The molecule has 5 heteroatoms. The Morgan fingerprint density at radius 1 is 0.789 bits per heavy atom. The number of anilines is 1. The Morgan fingerprint density at radius 2 is 1.61 bits per heavy atom. The predicted molar refractivity (Wildman–Crippen MR) is 155 cm³/mol. The molecule has 0 fully saturated rings. The number of nitrogens with zero attached hydrogens (tertiary/aromatic N) is 2. The Bertz CT molecular complexity index is 1680. The van der Waals surface area contributed by atoms with E-state index < -0.39 is 0 Å². The Hall–Kier alpha value is -3.76. The van der Waals surface area contributed by atoms with Crippen LogP contribution in [0.5, 0.6) is 0 Å². The van der Waals surface area contributed by atoms with Crippen LogP contribution in [0.3, 0.4) is 0 Å². The van der Waals surface area contributed by atoms with Crippen molar-refractivity contribution in [2.75, 3.05) is 5.32 Å². The van der Waals surface area contributed by atoms with E-state index in [0.717, 1.165) is 61.1 Å². The summed E-state index contributed by atoms with van der Waals surface area (Å²) in [6.07, 6.45) is 10.1. The first-order valence-electron chi connectivity index (χ1n) is 13.7. The summed E-state index contributed by atoms with van der Waals surface area (Å²) in [5.74, 6) is -0.112. The number of nitrogens with one attached hydrogen (secondary N) is 1. The number of fused-ring (bicyclic) bond motifs is 1. The average Bonchev–Trinajstić information content (AvgIpc) is 3.36. The van der Waals surface area contributed by atoms with Gasteiger partial charge in [0.05, 0.1) is 5.69 Å². The summed E-state index contributed by atoms with van der Waals surface area (Å²) in [6.45, 7) is 0.941. The molecule has 0 spiro atoms. The van der Waals surface area contributed by atoms with Crippen molar-refractivity contribution in [2.24, 2.45) is 0 Å². The number of hydrogen-bond donors (Lipinski definition) is 1. The van der Waals surface area contributed by atoms with Crippen molar-refractivity contribution in [1.29, 1.82) is 0 Å². The van der Waals surface area contributed by atoms with E-state index in [0.29, 0.717) is 16.4 Å². The SMILES string of the molecule is O=C(Nc1cccc(Cl)c1)c1c(-c2ccc3c(c2)CCCC3)c2c3n(c(-c4ccccc4)cn13)CCCC2. The van der Waals surface area contributed by atoms with E-state index in [1.54, 1.807) is 6.07 Å². The average molecular weight is 520 g/mol. The lowest BCUT2D eigenvalue weighted by Crippen LogP contribution is -2.15. The normalized spacial score (nSPS) is 14.8. The molecule has 4 nitrogen and oxygen atoms in total. The van der Waals surface area contributed by atoms with Gasteiger partial charge >= 0.3 is 0 Å². The summed E-state index contributed by atoms with van der Waals surface area (Å²) < 4.78 is 4.58. The lowest BCUT2D eigenvalue weighted by atomic mass is 9.88. The van der Waals surface area contributed by atoms with E-state index >= 15 is 0 Å². The van der Waals surface area contributed by atoms with Crippen molar-refractivity contribution in [3.63, 3.8) is 0 Å². The molecule has 1 N–H and O–H groups in total. The molecule has 5 aromatic rings. The topological polar surface area (TPSA) is 38.4 Å². The van der Waals surface area contributed by atoms with Crippen LogP contribution in [0.25, 0.3) is 28.0 Å². The molecule has 3 heterocycles. The molecule has 3 aromatic carbocycles. The van der Waals surface area contributed by atoms with E-state index in [2.05, 4.69) is 62.9 Å². The van der Waals surface area contributed by atoms with E-state index in [1.165, 1.54) is 35.1 Å². The molecule has 190 valence electrons. The third kappa shape index (κ3) is 3.95. The highest BCUT2D eigenvalue weighted by molar-refractivity contribution is 6.31. The summed E-state index contributed by atoms with van der Waals surface area (Å²) in [4.78, 5) is 14.1. The minimum Gasteiger partial charge on any atom is -0.325 e. The fourth-order valence-corrected chi connectivity index (χ4v) is 6.59. The standard InChI is InChI=1S/C33H30ClN3O/c34-26-13-8-14-27(20-26)35-32(38)31-30(25-17-16-22-9-4-5-12-24(22)19-25)28-15-6-7-18-36-29(21-37(31)33(28)36)23-10-2-1-3-11-23/h1-3,8,10-11,13-14,16-17,19-21H,4-7,9,12,15,18H2,(H,35,38). The van der Waals surface area contributed by atoms with E-state index in [9.17, 15) is 4.79 Å². The van der Waals surface area contributed by atoms with Crippen molar-refractivity contribution in [3.05, 3.63) is 106 Å². The van der Waals surface area contributed by atoms with Gasteiger partial charge < -0.3 is 9.88 Å². The van der Waals surface area contributed by atoms with Crippen molar-refractivity contribution < 1.29 is 4.79 Å². The fraction of sp³-hybridized carbons (Fsp3) is 0.242. The minimum atomic E-state index is -0.112. The highest BCUT2D eigenvalue weighted by Crippen LogP contribution is 2.40. The zero-order chi connectivity index (χ0) is 25.6. The first kappa shape index (κ1) is 23.4. The second kappa shape index (κ2) is 9.52. The number of imidazole rings is 1. The van der Waals surface area contributed by atoms with E-state index in [4.69, 9.17) is 11.6 Å². The van der Waals surface area contributed by atoms with Gasteiger partial charge in [-0.1, -0.05) is 66.2 Å². The molecule has 7 rings (SSSR count). The van der Waals surface area contributed by atoms with Crippen LogP contribution in [0.15, 0.2) is 79.0 Å². The van der Waals surface area contributed by atoms with Crippen LogP contribution in [0.4, 0.5) is 5.69 Å². The van der Waals surface area contributed by atoms with Crippen LogP contribution < -0.4 is 5.32 Å². The second-order valence-corrected chi connectivity index (χ2v) is 11.0.